The fourth-order valence-electron chi connectivity index (χ4n) is 2.33. The summed E-state index contributed by atoms with van der Waals surface area (Å²) < 4.78 is 1.55. The van der Waals surface area contributed by atoms with Gasteiger partial charge in [0.05, 0.1) is 11.3 Å². The summed E-state index contributed by atoms with van der Waals surface area (Å²) in [5.74, 6) is 0. The number of aryl methyl sites for hydroxylation is 1. The van der Waals surface area contributed by atoms with E-state index in [1.807, 2.05) is 31.0 Å². The van der Waals surface area contributed by atoms with Crippen LogP contribution in [0.3, 0.4) is 0 Å². The van der Waals surface area contributed by atoms with Crippen molar-refractivity contribution in [1.82, 2.24) is 14.3 Å². The van der Waals surface area contributed by atoms with Crippen LogP contribution in [0.25, 0.3) is 5.65 Å². The summed E-state index contributed by atoms with van der Waals surface area (Å²) in [4.78, 5) is 18.5. The Labute approximate surface area is 118 Å². The van der Waals surface area contributed by atoms with Crippen LogP contribution in [0.15, 0.2) is 29.2 Å². The zero-order chi connectivity index (χ0) is 14.9. The van der Waals surface area contributed by atoms with E-state index in [0.717, 1.165) is 5.56 Å². The third kappa shape index (κ3) is 3.65. The summed E-state index contributed by atoms with van der Waals surface area (Å²) in [5, 5.41) is 9.80. The molecule has 0 aliphatic carbocycles. The van der Waals surface area contributed by atoms with Crippen LogP contribution in [0.1, 0.15) is 25.1 Å². The quantitative estimate of drug-likeness (QED) is 0.911. The van der Waals surface area contributed by atoms with Crippen LogP contribution in [0, 0.1) is 6.92 Å². The minimum absolute atomic E-state index is 0.0784. The number of fused-ring (bicyclic) bond motifs is 1. The molecular weight excluding hydrogens is 254 g/mol. The number of pyridine rings is 1. The summed E-state index contributed by atoms with van der Waals surface area (Å²) in [7, 11) is 1.90. The molecule has 0 spiro atoms. The van der Waals surface area contributed by atoms with Crippen LogP contribution in [0.4, 0.5) is 0 Å². The van der Waals surface area contributed by atoms with Crippen LogP contribution in [0.2, 0.25) is 0 Å². The molecule has 0 fully saturated rings. The molecule has 1 N–H and O–H groups in total. The molecule has 0 radical (unpaired) electrons. The summed E-state index contributed by atoms with van der Waals surface area (Å²) in [6.07, 6.45) is 1.79. The Kier molecular flexibility index (Phi) is 3.92. The zero-order valence-electron chi connectivity index (χ0n) is 12.4. The lowest BCUT2D eigenvalue weighted by Crippen LogP contribution is -2.36. The maximum absolute atomic E-state index is 12.1. The van der Waals surface area contributed by atoms with Gasteiger partial charge in [0.2, 0.25) is 0 Å². The van der Waals surface area contributed by atoms with Crippen molar-refractivity contribution in [3.63, 3.8) is 0 Å². The summed E-state index contributed by atoms with van der Waals surface area (Å²) in [6, 6.07) is 5.33. The van der Waals surface area contributed by atoms with E-state index in [2.05, 4.69) is 4.98 Å². The lowest BCUT2D eigenvalue weighted by molar-refractivity contribution is 0.0421. The second-order valence-electron chi connectivity index (χ2n) is 6.01. The molecule has 0 aromatic carbocycles. The molecular formula is C15H21N3O2. The van der Waals surface area contributed by atoms with Gasteiger partial charge in [-0.2, -0.15) is 0 Å². The first-order valence-corrected chi connectivity index (χ1v) is 6.64. The summed E-state index contributed by atoms with van der Waals surface area (Å²) >= 11 is 0. The minimum atomic E-state index is -0.766. The van der Waals surface area contributed by atoms with Crippen molar-refractivity contribution >= 4 is 5.65 Å². The molecule has 5 nitrogen and oxygen atoms in total. The normalized spacial score (nSPS) is 12.3. The van der Waals surface area contributed by atoms with Crippen molar-refractivity contribution in [2.75, 3.05) is 13.6 Å². The number of rotatable bonds is 4. The van der Waals surface area contributed by atoms with Gasteiger partial charge in [-0.15, -0.1) is 0 Å². The molecule has 2 rings (SSSR count). The van der Waals surface area contributed by atoms with Crippen molar-refractivity contribution < 1.29 is 5.11 Å². The van der Waals surface area contributed by atoms with E-state index in [1.165, 1.54) is 0 Å². The average molecular weight is 275 g/mol. The molecule has 108 valence electrons. The maximum atomic E-state index is 12.1. The summed E-state index contributed by atoms with van der Waals surface area (Å²) in [6.45, 7) is 6.51. The van der Waals surface area contributed by atoms with Gasteiger partial charge >= 0.3 is 0 Å². The molecule has 0 unspecified atom stereocenters. The first-order valence-electron chi connectivity index (χ1n) is 6.64. The van der Waals surface area contributed by atoms with E-state index < -0.39 is 5.60 Å². The summed E-state index contributed by atoms with van der Waals surface area (Å²) in [5.41, 5.74) is 1.54. The van der Waals surface area contributed by atoms with Crippen LogP contribution in [-0.2, 0) is 6.54 Å². The number of aliphatic hydroxyl groups is 1. The van der Waals surface area contributed by atoms with E-state index in [0.29, 0.717) is 24.4 Å². The van der Waals surface area contributed by atoms with Gasteiger partial charge < -0.3 is 5.11 Å². The van der Waals surface area contributed by atoms with Gasteiger partial charge in [-0.3, -0.25) is 14.1 Å². The predicted molar refractivity (Wildman–Crippen MR) is 78.8 cm³/mol. The largest absolute Gasteiger partial charge is 0.389 e. The van der Waals surface area contributed by atoms with Gasteiger partial charge in [0.1, 0.15) is 5.65 Å². The van der Waals surface area contributed by atoms with Crippen molar-refractivity contribution in [2.24, 2.45) is 0 Å². The van der Waals surface area contributed by atoms with Gasteiger partial charge in [0.25, 0.3) is 5.56 Å². The second kappa shape index (κ2) is 5.34. The number of hydrogen-bond acceptors (Lipinski definition) is 4. The molecule has 0 saturated heterocycles. The van der Waals surface area contributed by atoms with E-state index in [1.54, 1.807) is 30.5 Å². The Morgan fingerprint density at radius 1 is 1.40 bits per heavy atom. The van der Waals surface area contributed by atoms with Crippen molar-refractivity contribution in [1.29, 1.82) is 0 Å². The molecule has 0 bridgehead atoms. The first-order chi connectivity index (χ1) is 9.24. The third-order valence-electron chi connectivity index (χ3n) is 2.95. The van der Waals surface area contributed by atoms with Gasteiger partial charge in [0, 0.05) is 25.4 Å². The van der Waals surface area contributed by atoms with Crippen LogP contribution < -0.4 is 5.56 Å². The molecule has 2 aromatic rings. The fraction of sp³-hybridized carbons (Fsp3) is 0.467. The standard InChI is InChI=1S/C15H21N3O2/c1-11-5-6-13-16-12(7-14(19)18(13)8-11)9-17(4)10-15(2,3)20/h5-8,20H,9-10H2,1-4H3. The Morgan fingerprint density at radius 3 is 2.75 bits per heavy atom. The highest BCUT2D eigenvalue weighted by molar-refractivity contribution is 5.39. The molecule has 0 atom stereocenters. The van der Waals surface area contributed by atoms with Gasteiger partial charge in [-0.05, 0) is 39.4 Å². The number of nitrogens with zero attached hydrogens (tertiary/aromatic N) is 3. The average Bonchev–Trinajstić information content (AvgIpc) is 2.27. The molecule has 2 heterocycles. The number of likely N-dealkylation sites (N-methyl/N-ethyl adjacent to an activating group) is 1. The molecule has 0 aliphatic rings. The molecule has 0 saturated carbocycles. The van der Waals surface area contributed by atoms with Gasteiger partial charge in [-0.1, -0.05) is 6.07 Å². The highest BCUT2D eigenvalue weighted by Crippen LogP contribution is 2.07. The Bertz CT molecular complexity index is 671. The zero-order valence-corrected chi connectivity index (χ0v) is 12.4. The Hall–Kier alpha value is -1.72. The molecule has 0 aliphatic heterocycles. The second-order valence-corrected chi connectivity index (χ2v) is 6.01. The van der Waals surface area contributed by atoms with Crippen molar-refractivity contribution in [2.45, 2.75) is 32.9 Å². The SMILES string of the molecule is Cc1ccc2nc(CN(C)CC(C)(C)O)cc(=O)n2c1. The highest BCUT2D eigenvalue weighted by atomic mass is 16.3. The molecule has 20 heavy (non-hydrogen) atoms. The van der Waals surface area contributed by atoms with E-state index >= 15 is 0 Å². The lowest BCUT2D eigenvalue weighted by atomic mass is 10.1. The molecule has 2 aromatic heterocycles. The van der Waals surface area contributed by atoms with Crippen LogP contribution in [-0.4, -0.2) is 38.6 Å². The topological polar surface area (TPSA) is 57.8 Å². The molecule has 5 heteroatoms. The number of hydrogen-bond donors (Lipinski definition) is 1. The van der Waals surface area contributed by atoms with E-state index in [4.69, 9.17) is 0 Å². The van der Waals surface area contributed by atoms with Gasteiger partial charge in [-0.25, -0.2) is 4.98 Å². The molecule has 0 amide bonds. The minimum Gasteiger partial charge on any atom is -0.389 e. The highest BCUT2D eigenvalue weighted by Gasteiger charge is 2.16. The van der Waals surface area contributed by atoms with Crippen molar-refractivity contribution in [3.05, 3.63) is 46.0 Å². The smallest absolute Gasteiger partial charge is 0.258 e. The Balaban J connectivity index is 2.28. The van der Waals surface area contributed by atoms with E-state index in [9.17, 15) is 9.90 Å². The van der Waals surface area contributed by atoms with E-state index in [-0.39, 0.29) is 5.56 Å². The van der Waals surface area contributed by atoms with Gasteiger partial charge in [0.15, 0.2) is 0 Å². The monoisotopic (exact) mass is 275 g/mol. The van der Waals surface area contributed by atoms with Crippen LogP contribution >= 0.6 is 0 Å². The number of aromatic nitrogens is 2. The van der Waals surface area contributed by atoms with Crippen LogP contribution in [0.5, 0.6) is 0 Å². The van der Waals surface area contributed by atoms with Crippen molar-refractivity contribution in [3.8, 4) is 0 Å². The maximum Gasteiger partial charge on any atom is 0.258 e. The fourth-order valence-corrected chi connectivity index (χ4v) is 2.33. The lowest BCUT2D eigenvalue weighted by Gasteiger charge is -2.25. The predicted octanol–water partition coefficient (Wildman–Crippen LogP) is 1.21. The Morgan fingerprint density at radius 2 is 2.10 bits per heavy atom. The first kappa shape index (κ1) is 14.7. The third-order valence-corrected chi connectivity index (χ3v) is 2.95.